The second-order valence-electron chi connectivity index (χ2n) is 6.47. The first kappa shape index (κ1) is 21.1. The largest absolute Gasteiger partial charge is 0.439 e. The van der Waals surface area contributed by atoms with Crippen molar-refractivity contribution in [3.05, 3.63) is 88.5 Å². The van der Waals surface area contributed by atoms with Crippen LogP contribution in [0.4, 0.5) is 5.69 Å². The zero-order valence-electron chi connectivity index (χ0n) is 16.4. The van der Waals surface area contributed by atoms with Gasteiger partial charge in [-0.1, -0.05) is 38.9 Å². The molecule has 0 fully saturated rings. The molecule has 0 aliphatic heterocycles. The number of halogens is 1. The van der Waals surface area contributed by atoms with Gasteiger partial charge in [-0.15, -0.1) is 0 Å². The summed E-state index contributed by atoms with van der Waals surface area (Å²) in [5.74, 6) is 2.12. The second kappa shape index (κ2) is 9.76. The smallest absolute Gasteiger partial charge is 0.258 e. The van der Waals surface area contributed by atoms with Crippen molar-refractivity contribution in [1.29, 1.82) is 0 Å². The number of nitrogens with zero attached hydrogens (tertiary/aromatic N) is 3. The van der Waals surface area contributed by atoms with Gasteiger partial charge in [-0.05, 0) is 43.3 Å². The molecular formula is C22H17BrN4O3S. The summed E-state index contributed by atoms with van der Waals surface area (Å²) >= 11 is 4.83. The van der Waals surface area contributed by atoms with E-state index < -0.39 is 0 Å². The van der Waals surface area contributed by atoms with Gasteiger partial charge < -0.3 is 14.6 Å². The summed E-state index contributed by atoms with van der Waals surface area (Å²) in [6.45, 7) is 1.84. The van der Waals surface area contributed by atoms with Crippen LogP contribution in [0.3, 0.4) is 0 Å². The van der Waals surface area contributed by atoms with Gasteiger partial charge in [0.1, 0.15) is 16.5 Å². The van der Waals surface area contributed by atoms with Crippen LogP contribution in [0.15, 0.2) is 81.0 Å². The minimum absolute atomic E-state index is 0.269. The number of pyridine rings is 2. The molecule has 7 nitrogen and oxygen atoms in total. The van der Waals surface area contributed by atoms with E-state index in [4.69, 9.17) is 9.26 Å². The van der Waals surface area contributed by atoms with Crippen molar-refractivity contribution < 1.29 is 14.1 Å². The molecule has 0 radical (unpaired) electrons. The molecule has 4 aromatic rings. The number of thioether (sulfide) groups is 1. The minimum Gasteiger partial charge on any atom is -0.439 e. The lowest BCUT2D eigenvalue weighted by atomic mass is 10.2. The Morgan fingerprint density at radius 2 is 2.06 bits per heavy atom. The van der Waals surface area contributed by atoms with Gasteiger partial charge in [0.15, 0.2) is 0 Å². The molecule has 31 heavy (non-hydrogen) atoms. The fourth-order valence-electron chi connectivity index (χ4n) is 2.67. The van der Waals surface area contributed by atoms with E-state index in [1.54, 1.807) is 36.7 Å². The third-order valence-electron chi connectivity index (χ3n) is 4.06. The van der Waals surface area contributed by atoms with Crippen molar-refractivity contribution in [1.82, 2.24) is 15.1 Å². The lowest BCUT2D eigenvalue weighted by Gasteiger charge is -2.09. The zero-order chi connectivity index (χ0) is 21.6. The zero-order valence-corrected chi connectivity index (χ0v) is 18.8. The Balaban J connectivity index is 1.41. The van der Waals surface area contributed by atoms with E-state index in [0.717, 1.165) is 15.9 Å². The standard InChI is InChI=1S/C22H17BrN4O3S/c1-14-10-17(27-30-14)13-31-22-19(6-3-9-24-22)21(28)26-16-7-8-20(25-12-16)29-18-5-2-4-15(23)11-18/h2-12H,13H2,1H3,(H,26,28). The van der Waals surface area contributed by atoms with Gasteiger partial charge in [-0.25, -0.2) is 9.97 Å². The van der Waals surface area contributed by atoms with Crippen molar-refractivity contribution in [2.75, 3.05) is 5.32 Å². The van der Waals surface area contributed by atoms with Crippen LogP contribution in [0.2, 0.25) is 0 Å². The van der Waals surface area contributed by atoms with Crippen molar-refractivity contribution in [2.24, 2.45) is 0 Å². The van der Waals surface area contributed by atoms with Crippen molar-refractivity contribution in [3.8, 4) is 11.6 Å². The molecule has 9 heteroatoms. The summed E-state index contributed by atoms with van der Waals surface area (Å²) in [6.07, 6.45) is 3.20. The quantitative estimate of drug-likeness (QED) is 0.319. The number of carbonyl (C=O) groups excluding carboxylic acids is 1. The first-order valence-corrected chi connectivity index (χ1v) is 11.1. The Hall–Kier alpha value is -3.17. The Labute approximate surface area is 191 Å². The molecule has 1 aromatic carbocycles. The van der Waals surface area contributed by atoms with Gasteiger partial charge in [-0.2, -0.15) is 0 Å². The van der Waals surface area contributed by atoms with E-state index in [0.29, 0.717) is 33.7 Å². The number of nitrogens with one attached hydrogen (secondary N) is 1. The van der Waals surface area contributed by atoms with Gasteiger partial charge in [0.25, 0.3) is 5.91 Å². The minimum atomic E-state index is -0.269. The van der Waals surface area contributed by atoms with Gasteiger partial charge in [-0.3, -0.25) is 4.79 Å². The van der Waals surface area contributed by atoms with Crippen LogP contribution in [0.1, 0.15) is 21.8 Å². The number of benzene rings is 1. The van der Waals surface area contributed by atoms with Crippen molar-refractivity contribution in [3.63, 3.8) is 0 Å². The van der Waals surface area contributed by atoms with Crippen molar-refractivity contribution >= 4 is 39.3 Å². The van der Waals surface area contributed by atoms with Crippen LogP contribution in [0.25, 0.3) is 0 Å². The van der Waals surface area contributed by atoms with E-state index >= 15 is 0 Å². The maximum absolute atomic E-state index is 12.8. The molecule has 1 amide bonds. The maximum atomic E-state index is 12.8. The monoisotopic (exact) mass is 496 g/mol. The molecule has 0 unspecified atom stereocenters. The summed E-state index contributed by atoms with van der Waals surface area (Å²) < 4.78 is 11.7. The third kappa shape index (κ3) is 5.71. The first-order valence-electron chi connectivity index (χ1n) is 9.28. The molecule has 156 valence electrons. The molecule has 0 saturated heterocycles. The summed E-state index contributed by atoms with van der Waals surface area (Å²) in [6, 6.07) is 16.2. The number of carbonyl (C=O) groups is 1. The first-order chi connectivity index (χ1) is 15.1. The fourth-order valence-corrected chi connectivity index (χ4v) is 3.92. The van der Waals surface area contributed by atoms with Gasteiger partial charge >= 0.3 is 0 Å². The highest BCUT2D eigenvalue weighted by Crippen LogP contribution is 2.26. The highest BCUT2D eigenvalue weighted by atomic mass is 79.9. The highest BCUT2D eigenvalue weighted by molar-refractivity contribution is 9.10. The van der Waals surface area contributed by atoms with Crippen molar-refractivity contribution in [2.45, 2.75) is 17.7 Å². The Morgan fingerprint density at radius 3 is 2.81 bits per heavy atom. The van der Waals surface area contributed by atoms with Gasteiger partial charge in [0.05, 0.1) is 23.1 Å². The normalized spacial score (nSPS) is 10.6. The van der Waals surface area contributed by atoms with Gasteiger partial charge in [0.2, 0.25) is 5.88 Å². The topological polar surface area (TPSA) is 90.1 Å². The molecule has 4 rings (SSSR count). The summed E-state index contributed by atoms with van der Waals surface area (Å²) in [4.78, 5) is 21.4. The van der Waals surface area contributed by atoms with E-state index in [1.807, 2.05) is 37.3 Å². The Morgan fingerprint density at radius 1 is 1.16 bits per heavy atom. The number of hydrogen-bond donors (Lipinski definition) is 1. The van der Waals surface area contributed by atoms with E-state index in [9.17, 15) is 4.79 Å². The SMILES string of the molecule is Cc1cc(CSc2ncccc2C(=O)Nc2ccc(Oc3cccc(Br)c3)nc2)no1. The Kier molecular flexibility index (Phi) is 6.63. The highest BCUT2D eigenvalue weighted by Gasteiger charge is 2.14. The predicted molar refractivity (Wildman–Crippen MR) is 121 cm³/mol. The number of anilines is 1. The van der Waals surface area contributed by atoms with E-state index in [2.05, 4.69) is 36.4 Å². The number of hydrogen-bond acceptors (Lipinski definition) is 7. The number of ether oxygens (including phenoxy) is 1. The number of rotatable bonds is 7. The summed E-state index contributed by atoms with van der Waals surface area (Å²) in [7, 11) is 0. The number of amides is 1. The molecule has 0 aliphatic rings. The van der Waals surface area contributed by atoms with Crippen LogP contribution in [0, 0.1) is 6.92 Å². The molecule has 0 atom stereocenters. The van der Waals surface area contributed by atoms with Crippen LogP contribution < -0.4 is 10.1 Å². The van der Waals surface area contributed by atoms with Crippen LogP contribution in [-0.2, 0) is 5.75 Å². The number of aromatic nitrogens is 3. The predicted octanol–water partition coefficient (Wildman–Crippen LogP) is 5.87. The molecule has 0 spiro atoms. The van der Waals surface area contributed by atoms with Gasteiger partial charge in [0, 0.05) is 28.6 Å². The van der Waals surface area contributed by atoms with Crippen LogP contribution in [-0.4, -0.2) is 21.0 Å². The molecule has 0 saturated carbocycles. The second-order valence-corrected chi connectivity index (χ2v) is 8.35. The van der Waals surface area contributed by atoms with E-state index in [1.165, 1.54) is 11.8 Å². The summed E-state index contributed by atoms with van der Waals surface area (Å²) in [5.41, 5.74) is 1.82. The lowest BCUT2D eigenvalue weighted by Crippen LogP contribution is -2.13. The summed E-state index contributed by atoms with van der Waals surface area (Å²) in [5, 5.41) is 7.43. The Bertz CT molecular complexity index is 1200. The van der Waals surface area contributed by atoms with Crippen LogP contribution in [0.5, 0.6) is 11.6 Å². The lowest BCUT2D eigenvalue weighted by molar-refractivity contribution is 0.102. The van der Waals surface area contributed by atoms with E-state index in [-0.39, 0.29) is 5.91 Å². The fraction of sp³-hybridized carbons (Fsp3) is 0.0909. The van der Waals surface area contributed by atoms with Crippen LogP contribution >= 0.6 is 27.7 Å². The molecular weight excluding hydrogens is 480 g/mol. The molecule has 0 bridgehead atoms. The molecule has 0 aliphatic carbocycles. The average molecular weight is 497 g/mol. The number of aryl methyl sites for hydroxylation is 1. The molecule has 1 N–H and O–H groups in total. The molecule has 3 aromatic heterocycles. The third-order valence-corrected chi connectivity index (χ3v) is 5.59. The maximum Gasteiger partial charge on any atom is 0.258 e. The molecule has 3 heterocycles. The average Bonchev–Trinajstić information content (AvgIpc) is 3.19.